The minimum absolute atomic E-state index is 0.00771. The molecular formula is C17H19BrN2OS. The van der Waals surface area contributed by atoms with Gasteiger partial charge in [0.1, 0.15) is 0 Å². The maximum Gasteiger partial charge on any atom is 0.261 e. The van der Waals surface area contributed by atoms with Crippen LogP contribution in [-0.2, 0) is 13.1 Å². The van der Waals surface area contributed by atoms with Crippen molar-refractivity contribution in [2.75, 3.05) is 13.1 Å². The predicted molar refractivity (Wildman–Crippen MR) is 94.1 cm³/mol. The lowest BCUT2D eigenvalue weighted by Crippen LogP contribution is -2.24. The van der Waals surface area contributed by atoms with Gasteiger partial charge in [-0.3, -0.25) is 9.69 Å². The van der Waals surface area contributed by atoms with Gasteiger partial charge in [0.15, 0.2) is 0 Å². The highest BCUT2D eigenvalue weighted by atomic mass is 79.9. The largest absolute Gasteiger partial charge is 0.347 e. The van der Waals surface area contributed by atoms with E-state index in [9.17, 15) is 4.79 Å². The smallest absolute Gasteiger partial charge is 0.261 e. The zero-order chi connectivity index (χ0) is 15.4. The molecule has 1 amide bonds. The second-order valence-corrected chi connectivity index (χ2v) is 7.39. The standard InChI is InChI=1S/C17H19BrN2OS/c18-15-9-16(22-12-15)17(21)19-10-13-5-1-2-6-14(13)11-20-7-3-4-8-20/h1-2,5-6,9,12H,3-4,7-8,10-11H2,(H,19,21). The van der Waals surface area contributed by atoms with Crippen LogP contribution in [0.2, 0.25) is 0 Å². The number of nitrogens with one attached hydrogen (secondary N) is 1. The van der Waals surface area contributed by atoms with E-state index in [1.165, 1.54) is 48.4 Å². The molecule has 22 heavy (non-hydrogen) atoms. The Kier molecular flexibility index (Phi) is 5.28. The van der Waals surface area contributed by atoms with Gasteiger partial charge in [-0.1, -0.05) is 24.3 Å². The highest BCUT2D eigenvalue weighted by molar-refractivity contribution is 9.10. The summed E-state index contributed by atoms with van der Waals surface area (Å²) in [6.07, 6.45) is 2.60. The molecule has 1 aromatic heterocycles. The molecule has 0 saturated carbocycles. The Balaban J connectivity index is 1.63. The summed E-state index contributed by atoms with van der Waals surface area (Å²) in [5.41, 5.74) is 2.52. The van der Waals surface area contributed by atoms with Gasteiger partial charge >= 0.3 is 0 Å². The Morgan fingerprint density at radius 2 is 1.95 bits per heavy atom. The third-order valence-corrected chi connectivity index (χ3v) is 5.63. The Morgan fingerprint density at radius 1 is 1.23 bits per heavy atom. The SMILES string of the molecule is O=C(NCc1ccccc1CN1CCCC1)c1cc(Br)cs1. The minimum Gasteiger partial charge on any atom is -0.347 e. The van der Waals surface area contributed by atoms with Gasteiger partial charge in [0, 0.05) is 22.9 Å². The summed E-state index contributed by atoms with van der Waals surface area (Å²) in [7, 11) is 0. The van der Waals surface area contributed by atoms with E-state index in [4.69, 9.17) is 0 Å². The summed E-state index contributed by atoms with van der Waals surface area (Å²) in [5, 5.41) is 4.95. The number of amides is 1. The van der Waals surface area contributed by atoms with Gasteiger partial charge in [-0.25, -0.2) is 0 Å². The third-order valence-electron chi connectivity index (χ3n) is 3.94. The van der Waals surface area contributed by atoms with Crippen molar-refractivity contribution in [3.05, 3.63) is 56.2 Å². The summed E-state index contributed by atoms with van der Waals surface area (Å²) in [6, 6.07) is 10.2. The first-order valence-electron chi connectivity index (χ1n) is 7.54. The highest BCUT2D eigenvalue weighted by Gasteiger charge is 2.14. The van der Waals surface area contributed by atoms with Crippen LogP contribution >= 0.6 is 27.3 Å². The molecule has 1 aliphatic heterocycles. The molecule has 3 nitrogen and oxygen atoms in total. The molecule has 0 atom stereocenters. The van der Waals surface area contributed by atoms with Crippen molar-refractivity contribution < 1.29 is 4.79 Å². The van der Waals surface area contributed by atoms with E-state index >= 15 is 0 Å². The predicted octanol–water partition coefficient (Wildman–Crippen LogP) is 4.04. The number of hydrogen-bond donors (Lipinski definition) is 1. The van der Waals surface area contributed by atoms with Crippen molar-refractivity contribution in [2.45, 2.75) is 25.9 Å². The van der Waals surface area contributed by atoms with Gasteiger partial charge in [-0.15, -0.1) is 11.3 Å². The van der Waals surface area contributed by atoms with E-state index in [-0.39, 0.29) is 5.91 Å². The van der Waals surface area contributed by atoms with Crippen LogP contribution in [0, 0.1) is 0 Å². The van der Waals surface area contributed by atoms with Gasteiger partial charge in [-0.05, 0) is 59.1 Å². The molecule has 0 aliphatic carbocycles. The van der Waals surface area contributed by atoms with E-state index in [1.807, 2.05) is 17.5 Å². The van der Waals surface area contributed by atoms with Gasteiger partial charge in [0.05, 0.1) is 4.88 Å². The first kappa shape index (κ1) is 15.7. The van der Waals surface area contributed by atoms with E-state index < -0.39 is 0 Å². The van der Waals surface area contributed by atoms with Crippen molar-refractivity contribution >= 4 is 33.2 Å². The maximum absolute atomic E-state index is 12.2. The van der Waals surface area contributed by atoms with Crippen LogP contribution in [0.1, 0.15) is 33.6 Å². The fraction of sp³-hybridized carbons (Fsp3) is 0.353. The molecule has 2 heterocycles. The number of carbonyl (C=O) groups excluding carboxylic acids is 1. The number of rotatable bonds is 5. The topological polar surface area (TPSA) is 32.3 Å². The third kappa shape index (κ3) is 3.97. The lowest BCUT2D eigenvalue weighted by molar-refractivity contribution is 0.0955. The van der Waals surface area contributed by atoms with Gasteiger partial charge in [0.25, 0.3) is 5.91 Å². The van der Waals surface area contributed by atoms with E-state index in [2.05, 4.69) is 44.3 Å². The lowest BCUT2D eigenvalue weighted by Gasteiger charge is -2.17. The Morgan fingerprint density at radius 3 is 2.64 bits per heavy atom. The summed E-state index contributed by atoms with van der Waals surface area (Å²) in [6.45, 7) is 3.93. The first-order valence-corrected chi connectivity index (χ1v) is 9.21. The molecule has 1 aliphatic rings. The molecule has 1 N–H and O–H groups in total. The number of hydrogen-bond acceptors (Lipinski definition) is 3. The molecule has 0 bridgehead atoms. The average molecular weight is 379 g/mol. The zero-order valence-electron chi connectivity index (χ0n) is 12.3. The van der Waals surface area contributed by atoms with Crippen molar-refractivity contribution in [2.24, 2.45) is 0 Å². The molecular weight excluding hydrogens is 360 g/mol. The Labute approximate surface area is 143 Å². The summed E-state index contributed by atoms with van der Waals surface area (Å²) >= 11 is 4.84. The quantitative estimate of drug-likeness (QED) is 0.851. The number of halogens is 1. The van der Waals surface area contributed by atoms with Gasteiger partial charge < -0.3 is 5.32 Å². The monoisotopic (exact) mass is 378 g/mol. The minimum atomic E-state index is -0.00771. The molecule has 1 saturated heterocycles. The van der Waals surface area contributed by atoms with Crippen LogP contribution in [-0.4, -0.2) is 23.9 Å². The number of carbonyl (C=O) groups is 1. The number of benzene rings is 1. The van der Waals surface area contributed by atoms with E-state index in [0.29, 0.717) is 6.54 Å². The molecule has 0 unspecified atom stereocenters. The highest BCUT2D eigenvalue weighted by Crippen LogP contribution is 2.20. The normalized spacial score (nSPS) is 15.1. The van der Waals surface area contributed by atoms with Crippen molar-refractivity contribution in [3.63, 3.8) is 0 Å². The van der Waals surface area contributed by atoms with E-state index in [1.54, 1.807) is 0 Å². The molecule has 2 aromatic rings. The molecule has 0 radical (unpaired) electrons. The Bertz CT molecular complexity index is 650. The van der Waals surface area contributed by atoms with Crippen molar-refractivity contribution in [1.29, 1.82) is 0 Å². The van der Waals surface area contributed by atoms with Crippen LogP contribution in [0.3, 0.4) is 0 Å². The number of thiophene rings is 1. The molecule has 1 fully saturated rings. The van der Waals surface area contributed by atoms with Crippen LogP contribution in [0.4, 0.5) is 0 Å². The fourth-order valence-corrected chi connectivity index (χ4v) is 4.10. The number of nitrogens with zero attached hydrogens (tertiary/aromatic N) is 1. The zero-order valence-corrected chi connectivity index (χ0v) is 14.8. The second-order valence-electron chi connectivity index (χ2n) is 5.56. The first-order chi connectivity index (χ1) is 10.7. The molecule has 116 valence electrons. The van der Waals surface area contributed by atoms with Gasteiger partial charge in [0.2, 0.25) is 0 Å². The fourth-order valence-electron chi connectivity index (χ4n) is 2.76. The van der Waals surface area contributed by atoms with Crippen LogP contribution < -0.4 is 5.32 Å². The Hall–Kier alpha value is -1.17. The van der Waals surface area contributed by atoms with Crippen molar-refractivity contribution in [3.8, 4) is 0 Å². The van der Waals surface area contributed by atoms with Crippen LogP contribution in [0.25, 0.3) is 0 Å². The molecule has 0 spiro atoms. The molecule has 5 heteroatoms. The summed E-state index contributed by atoms with van der Waals surface area (Å²) in [4.78, 5) is 15.4. The number of likely N-dealkylation sites (tertiary alicyclic amines) is 1. The van der Waals surface area contributed by atoms with Crippen LogP contribution in [0.5, 0.6) is 0 Å². The second kappa shape index (κ2) is 7.40. The summed E-state index contributed by atoms with van der Waals surface area (Å²) < 4.78 is 0.956. The van der Waals surface area contributed by atoms with E-state index in [0.717, 1.165) is 15.9 Å². The summed E-state index contributed by atoms with van der Waals surface area (Å²) in [5.74, 6) is -0.00771. The molecule has 1 aromatic carbocycles. The molecule has 3 rings (SSSR count). The maximum atomic E-state index is 12.2. The van der Waals surface area contributed by atoms with Crippen LogP contribution in [0.15, 0.2) is 40.2 Å². The van der Waals surface area contributed by atoms with Crippen molar-refractivity contribution in [1.82, 2.24) is 10.2 Å². The van der Waals surface area contributed by atoms with Gasteiger partial charge in [-0.2, -0.15) is 0 Å². The average Bonchev–Trinajstić information content (AvgIpc) is 3.18. The lowest BCUT2D eigenvalue weighted by atomic mass is 10.1.